The Balaban J connectivity index is 1.74. The molecule has 1 fully saturated rings. The second-order valence-corrected chi connectivity index (χ2v) is 6.13. The number of hydrogen-bond acceptors (Lipinski definition) is 2. The lowest BCUT2D eigenvalue weighted by Gasteiger charge is -2.27. The van der Waals surface area contributed by atoms with Gasteiger partial charge in [0.15, 0.2) is 0 Å². The molecule has 20 heavy (non-hydrogen) atoms. The van der Waals surface area contributed by atoms with Crippen molar-refractivity contribution in [2.75, 3.05) is 0 Å². The Bertz CT molecular complexity index is 573. The smallest absolute Gasteiger partial charge is 0.0841 e. The van der Waals surface area contributed by atoms with Gasteiger partial charge in [0, 0.05) is 24.5 Å². The third kappa shape index (κ3) is 2.73. The molecule has 3 rings (SSSR count). The molecule has 0 bridgehead atoms. The minimum absolute atomic E-state index is 0.671. The lowest BCUT2D eigenvalue weighted by molar-refractivity contribution is 0.300. The first kappa shape index (κ1) is 13.6. The molecular weight excluding hydrogens is 246 g/mol. The number of rotatable bonds is 4. The average molecular weight is 271 g/mol. The lowest BCUT2D eigenvalue weighted by Crippen LogP contribution is -2.33. The van der Waals surface area contributed by atoms with Gasteiger partial charge in [-0.15, -0.1) is 0 Å². The van der Waals surface area contributed by atoms with E-state index in [0.717, 1.165) is 19.0 Å². The van der Waals surface area contributed by atoms with Gasteiger partial charge in [0.25, 0.3) is 0 Å². The largest absolute Gasteiger partial charge is 0.308 e. The maximum Gasteiger partial charge on any atom is 0.0841 e. The van der Waals surface area contributed by atoms with E-state index in [0.29, 0.717) is 6.04 Å². The van der Waals surface area contributed by atoms with Gasteiger partial charge in [0.05, 0.1) is 11.2 Å². The summed E-state index contributed by atoms with van der Waals surface area (Å²) in [5.41, 5.74) is 2.45. The van der Waals surface area contributed by atoms with Crippen LogP contribution in [0.3, 0.4) is 0 Å². The number of hydrogen-bond donors (Lipinski definition) is 1. The van der Waals surface area contributed by atoms with Crippen LogP contribution < -0.4 is 5.32 Å². The Kier molecular flexibility index (Phi) is 4.06. The first-order valence-corrected chi connectivity index (χ1v) is 7.95. The van der Waals surface area contributed by atoms with Crippen molar-refractivity contribution in [1.29, 1.82) is 0 Å². The Morgan fingerprint density at radius 3 is 2.95 bits per heavy atom. The fourth-order valence-electron chi connectivity index (χ4n) is 3.43. The fraction of sp³-hybridized carbons (Fsp3) is 0.588. The minimum Gasteiger partial charge on any atom is -0.308 e. The lowest BCUT2D eigenvalue weighted by atomic mass is 9.87. The minimum atomic E-state index is 0.671. The Labute approximate surface area is 121 Å². The van der Waals surface area contributed by atoms with Crippen molar-refractivity contribution in [3.8, 4) is 0 Å². The molecule has 2 unspecified atom stereocenters. The number of fused-ring (bicyclic) bond motifs is 1. The summed E-state index contributed by atoms with van der Waals surface area (Å²) in [4.78, 5) is 0. The van der Waals surface area contributed by atoms with Gasteiger partial charge in [0.2, 0.25) is 0 Å². The molecule has 1 N–H and O–H groups in total. The summed E-state index contributed by atoms with van der Waals surface area (Å²) in [6.45, 7) is 6.35. The highest BCUT2D eigenvalue weighted by Gasteiger charge is 2.19. The van der Waals surface area contributed by atoms with E-state index >= 15 is 0 Å². The van der Waals surface area contributed by atoms with Gasteiger partial charge < -0.3 is 5.32 Å². The van der Waals surface area contributed by atoms with Crippen molar-refractivity contribution in [2.24, 2.45) is 5.92 Å². The third-order valence-electron chi connectivity index (χ3n) is 4.53. The topological polar surface area (TPSA) is 29.9 Å². The summed E-state index contributed by atoms with van der Waals surface area (Å²) in [5.74, 6) is 0.867. The van der Waals surface area contributed by atoms with E-state index in [9.17, 15) is 0 Å². The standard InChI is InChI=1S/C17H25N3/c1-3-20-17-10-5-4-9-15(17)16(19-20)12-18-14-8-6-7-13(2)11-14/h4-5,9-10,13-14,18H,3,6-8,11-12H2,1-2H3. The summed E-state index contributed by atoms with van der Waals surface area (Å²) in [6.07, 6.45) is 5.39. The molecule has 3 nitrogen and oxygen atoms in total. The van der Waals surface area contributed by atoms with Crippen LogP contribution in [0, 0.1) is 5.92 Å². The molecule has 1 aromatic carbocycles. The zero-order valence-corrected chi connectivity index (χ0v) is 12.6. The van der Waals surface area contributed by atoms with Gasteiger partial charge in [-0.05, 0) is 31.7 Å². The van der Waals surface area contributed by atoms with Crippen molar-refractivity contribution in [1.82, 2.24) is 15.1 Å². The monoisotopic (exact) mass is 271 g/mol. The highest BCUT2D eigenvalue weighted by Crippen LogP contribution is 2.24. The van der Waals surface area contributed by atoms with Gasteiger partial charge in [-0.1, -0.05) is 38.0 Å². The molecule has 108 valence electrons. The summed E-state index contributed by atoms with van der Waals surface area (Å²) in [5, 5.41) is 9.78. The number of para-hydroxylation sites is 1. The Morgan fingerprint density at radius 2 is 2.15 bits per heavy atom. The van der Waals surface area contributed by atoms with Crippen LogP contribution in [0.15, 0.2) is 24.3 Å². The quantitative estimate of drug-likeness (QED) is 0.918. The van der Waals surface area contributed by atoms with E-state index in [1.165, 1.54) is 42.3 Å². The van der Waals surface area contributed by atoms with Crippen LogP contribution in [0.25, 0.3) is 10.9 Å². The van der Waals surface area contributed by atoms with Gasteiger partial charge in [0.1, 0.15) is 0 Å². The number of aromatic nitrogens is 2. The van der Waals surface area contributed by atoms with Gasteiger partial charge in [-0.3, -0.25) is 4.68 Å². The highest BCUT2D eigenvalue weighted by atomic mass is 15.3. The van der Waals surface area contributed by atoms with Crippen LogP contribution in [-0.4, -0.2) is 15.8 Å². The van der Waals surface area contributed by atoms with Crippen molar-refractivity contribution in [2.45, 2.75) is 58.7 Å². The molecule has 2 atom stereocenters. The van der Waals surface area contributed by atoms with Gasteiger partial charge in [-0.25, -0.2) is 0 Å². The molecule has 1 aliphatic rings. The predicted molar refractivity (Wildman–Crippen MR) is 83.7 cm³/mol. The number of nitrogens with one attached hydrogen (secondary N) is 1. The molecule has 1 saturated carbocycles. The van der Waals surface area contributed by atoms with Crippen molar-refractivity contribution >= 4 is 10.9 Å². The summed E-state index contributed by atoms with van der Waals surface area (Å²) in [7, 11) is 0. The van der Waals surface area contributed by atoms with E-state index < -0.39 is 0 Å². The van der Waals surface area contributed by atoms with E-state index in [1.807, 2.05) is 0 Å². The first-order chi connectivity index (χ1) is 9.78. The van der Waals surface area contributed by atoms with E-state index in [2.05, 4.69) is 48.1 Å². The molecule has 2 aromatic rings. The fourth-order valence-corrected chi connectivity index (χ4v) is 3.43. The molecule has 0 spiro atoms. The number of aryl methyl sites for hydroxylation is 1. The second-order valence-electron chi connectivity index (χ2n) is 6.13. The average Bonchev–Trinajstić information content (AvgIpc) is 2.83. The second kappa shape index (κ2) is 5.96. The van der Waals surface area contributed by atoms with Crippen molar-refractivity contribution < 1.29 is 0 Å². The van der Waals surface area contributed by atoms with Gasteiger partial charge >= 0.3 is 0 Å². The first-order valence-electron chi connectivity index (χ1n) is 7.95. The molecule has 1 heterocycles. The van der Waals surface area contributed by atoms with Crippen LogP contribution in [0.2, 0.25) is 0 Å². The van der Waals surface area contributed by atoms with E-state index in [1.54, 1.807) is 0 Å². The molecule has 0 saturated heterocycles. The molecule has 0 aliphatic heterocycles. The molecule has 0 radical (unpaired) electrons. The normalized spacial score (nSPS) is 23.3. The number of benzene rings is 1. The maximum absolute atomic E-state index is 4.77. The van der Waals surface area contributed by atoms with Crippen LogP contribution in [0.4, 0.5) is 0 Å². The molecule has 3 heteroatoms. The van der Waals surface area contributed by atoms with E-state index in [4.69, 9.17) is 5.10 Å². The molecular formula is C17H25N3. The number of nitrogens with zero attached hydrogens (tertiary/aromatic N) is 2. The van der Waals surface area contributed by atoms with Crippen LogP contribution in [0.5, 0.6) is 0 Å². The zero-order chi connectivity index (χ0) is 13.9. The van der Waals surface area contributed by atoms with Crippen molar-refractivity contribution in [3.63, 3.8) is 0 Å². The zero-order valence-electron chi connectivity index (χ0n) is 12.6. The Morgan fingerprint density at radius 1 is 1.30 bits per heavy atom. The molecule has 1 aliphatic carbocycles. The predicted octanol–water partition coefficient (Wildman–Crippen LogP) is 3.72. The van der Waals surface area contributed by atoms with Crippen molar-refractivity contribution in [3.05, 3.63) is 30.0 Å². The molecule has 1 aromatic heterocycles. The summed E-state index contributed by atoms with van der Waals surface area (Å²) >= 11 is 0. The highest BCUT2D eigenvalue weighted by molar-refractivity contribution is 5.81. The van der Waals surface area contributed by atoms with E-state index in [-0.39, 0.29) is 0 Å². The molecule has 0 amide bonds. The SMILES string of the molecule is CCn1nc(CNC2CCCC(C)C2)c2ccccc21. The third-order valence-corrected chi connectivity index (χ3v) is 4.53. The van der Waals surface area contributed by atoms with Crippen LogP contribution in [0.1, 0.15) is 45.2 Å². The maximum atomic E-state index is 4.77. The summed E-state index contributed by atoms with van der Waals surface area (Å²) < 4.78 is 2.11. The van der Waals surface area contributed by atoms with Crippen LogP contribution >= 0.6 is 0 Å². The van der Waals surface area contributed by atoms with Crippen LogP contribution in [-0.2, 0) is 13.1 Å². The summed E-state index contributed by atoms with van der Waals surface area (Å²) in [6, 6.07) is 9.23. The van der Waals surface area contributed by atoms with Gasteiger partial charge in [-0.2, -0.15) is 5.10 Å². The Hall–Kier alpha value is -1.35.